The predicted molar refractivity (Wildman–Crippen MR) is 68.2 cm³/mol. The zero-order valence-corrected chi connectivity index (χ0v) is 10.4. The van der Waals surface area contributed by atoms with Crippen LogP contribution in [0.4, 0.5) is 0 Å². The fourth-order valence-electron chi connectivity index (χ4n) is 2.64. The smallest absolute Gasteiger partial charge is 0.115 e. The number of nitrogens with one attached hydrogen (secondary N) is 1. The van der Waals surface area contributed by atoms with E-state index in [1.807, 2.05) is 19.2 Å². The molecule has 0 bridgehead atoms. The van der Waals surface area contributed by atoms with Gasteiger partial charge in [-0.05, 0) is 49.4 Å². The number of ether oxygens (including phenoxy) is 1. The second-order valence-electron chi connectivity index (χ2n) is 4.99. The monoisotopic (exact) mass is 235 g/mol. The summed E-state index contributed by atoms with van der Waals surface area (Å²) in [6.45, 7) is 2.75. The van der Waals surface area contributed by atoms with Crippen LogP contribution in [0.3, 0.4) is 0 Å². The van der Waals surface area contributed by atoms with Gasteiger partial charge >= 0.3 is 0 Å². The van der Waals surface area contributed by atoms with Crippen molar-refractivity contribution in [3.63, 3.8) is 0 Å². The topological polar surface area (TPSA) is 41.5 Å². The summed E-state index contributed by atoms with van der Waals surface area (Å²) >= 11 is 0. The molecule has 0 spiro atoms. The Bertz CT molecular complexity index is 336. The summed E-state index contributed by atoms with van der Waals surface area (Å²) in [7, 11) is 2.01. The van der Waals surface area contributed by atoms with Crippen LogP contribution in [0.5, 0.6) is 5.75 Å². The lowest BCUT2D eigenvalue weighted by molar-refractivity contribution is 0.0158. The van der Waals surface area contributed by atoms with Crippen LogP contribution in [0.25, 0.3) is 0 Å². The first-order valence-electron chi connectivity index (χ1n) is 6.24. The second-order valence-corrected chi connectivity index (χ2v) is 4.99. The molecule has 0 saturated carbocycles. The molecule has 0 aliphatic carbocycles. The third kappa shape index (κ3) is 3.20. The first-order valence-corrected chi connectivity index (χ1v) is 6.24. The van der Waals surface area contributed by atoms with Crippen LogP contribution < -0.4 is 5.32 Å². The van der Waals surface area contributed by atoms with Gasteiger partial charge in [0, 0.05) is 19.8 Å². The normalized spacial score (nSPS) is 19.1. The molecule has 2 N–H and O–H groups in total. The fraction of sp³-hybridized carbons (Fsp3) is 0.571. The van der Waals surface area contributed by atoms with Gasteiger partial charge in [-0.25, -0.2) is 0 Å². The Hall–Kier alpha value is -1.06. The van der Waals surface area contributed by atoms with Crippen LogP contribution in [-0.2, 0) is 11.2 Å². The molecule has 0 radical (unpaired) electrons. The third-order valence-electron chi connectivity index (χ3n) is 3.62. The largest absolute Gasteiger partial charge is 0.508 e. The van der Waals surface area contributed by atoms with Gasteiger partial charge in [0.15, 0.2) is 0 Å². The highest BCUT2D eigenvalue weighted by Gasteiger charge is 2.31. The number of rotatable bonds is 4. The molecule has 1 aliphatic rings. The van der Waals surface area contributed by atoms with Crippen molar-refractivity contribution in [1.29, 1.82) is 0 Å². The van der Waals surface area contributed by atoms with Crippen molar-refractivity contribution in [2.45, 2.75) is 19.3 Å². The van der Waals surface area contributed by atoms with Gasteiger partial charge in [-0.15, -0.1) is 0 Å². The van der Waals surface area contributed by atoms with E-state index in [4.69, 9.17) is 4.74 Å². The highest BCUT2D eigenvalue weighted by molar-refractivity contribution is 5.26. The highest BCUT2D eigenvalue weighted by atomic mass is 16.5. The molecule has 1 heterocycles. The van der Waals surface area contributed by atoms with E-state index in [1.54, 1.807) is 12.1 Å². The van der Waals surface area contributed by atoms with E-state index in [9.17, 15) is 5.11 Å². The van der Waals surface area contributed by atoms with Crippen LogP contribution >= 0.6 is 0 Å². The van der Waals surface area contributed by atoms with E-state index < -0.39 is 0 Å². The molecular weight excluding hydrogens is 214 g/mol. The molecule has 3 heteroatoms. The lowest BCUT2D eigenvalue weighted by Gasteiger charge is -2.37. The van der Waals surface area contributed by atoms with E-state index in [0.717, 1.165) is 39.0 Å². The minimum atomic E-state index is 0.309. The van der Waals surface area contributed by atoms with E-state index in [-0.39, 0.29) is 0 Å². The van der Waals surface area contributed by atoms with Gasteiger partial charge in [0.25, 0.3) is 0 Å². The Balaban J connectivity index is 2.08. The van der Waals surface area contributed by atoms with Crippen molar-refractivity contribution in [2.75, 3.05) is 26.8 Å². The quantitative estimate of drug-likeness (QED) is 0.838. The summed E-state index contributed by atoms with van der Waals surface area (Å²) < 4.78 is 5.46. The minimum absolute atomic E-state index is 0.309. The molecule has 1 fully saturated rings. The first-order chi connectivity index (χ1) is 8.24. The lowest BCUT2D eigenvalue weighted by Crippen LogP contribution is -2.39. The molecule has 1 aromatic rings. The van der Waals surface area contributed by atoms with E-state index in [2.05, 4.69) is 5.32 Å². The van der Waals surface area contributed by atoms with Gasteiger partial charge in [-0.2, -0.15) is 0 Å². The standard InChI is InChI=1S/C14H21NO2/c1-15-11-14(6-8-17-9-7-14)10-12-2-4-13(16)5-3-12/h2-5,15-16H,6-11H2,1H3. The van der Waals surface area contributed by atoms with Gasteiger partial charge in [-0.1, -0.05) is 12.1 Å². The van der Waals surface area contributed by atoms with Crippen LogP contribution in [0.1, 0.15) is 18.4 Å². The van der Waals surface area contributed by atoms with Crippen LogP contribution in [0, 0.1) is 5.41 Å². The van der Waals surface area contributed by atoms with E-state index in [1.165, 1.54) is 5.56 Å². The Morgan fingerprint density at radius 3 is 2.47 bits per heavy atom. The molecular formula is C14H21NO2. The Kier molecular flexibility index (Phi) is 4.02. The Labute approximate surface area is 103 Å². The molecule has 0 unspecified atom stereocenters. The molecule has 0 atom stereocenters. The van der Waals surface area contributed by atoms with E-state index >= 15 is 0 Å². The van der Waals surface area contributed by atoms with Gasteiger partial charge < -0.3 is 15.2 Å². The fourth-order valence-corrected chi connectivity index (χ4v) is 2.64. The SMILES string of the molecule is CNCC1(Cc2ccc(O)cc2)CCOCC1. The average molecular weight is 235 g/mol. The summed E-state index contributed by atoms with van der Waals surface area (Å²) in [5.74, 6) is 0.336. The van der Waals surface area contributed by atoms with Gasteiger partial charge in [0.1, 0.15) is 5.75 Å². The molecule has 3 nitrogen and oxygen atoms in total. The molecule has 0 aromatic heterocycles. The van der Waals surface area contributed by atoms with E-state index in [0.29, 0.717) is 11.2 Å². The van der Waals surface area contributed by atoms with Gasteiger partial charge in [-0.3, -0.25) is 0 Å². The predicted octanol–water partition coefficient (Wildman–Crippen LogP) is 1.95. The van der Waals surface area contributed by atoms with Crippen molar-refractivity contribution in [2.24, 2.45) is 5.41 Å². The molecule has 17 heavy (non-hydrogen) atoms. The summed E-state index contributed by atoms with van der Waals surface area (Å²) in [6.07, 6.45) is 3.26. The summed E-state index contributed by atoms with van der Waals surface area (Å²) in [4.78, 5) is 0. The molecule has 94 valence electrons. The summed E-state index contributed by atoms with van der Waals surface area (Å²) in [6, 6.07) is 7.56. The van der Waals surface area contributed by atoms with Crippen LogP contribution in [0.2, 0.25) is 0 Å². The molecule has 1 aliphatic heterocycles. The number of hydrogen-bond donors (Lipinski definition) is 2. The first kappa shape index (κ1) is 12.4. The molecule has 2 rings (SSSR count). The summed E-state index contributed by atoms with van der Waals surface area (Å²) in [5.41, 5.74) is 1.60. The third-order valence-corrected chi connectivity index (χ3v) is 3.62. The number of phenols is 1. The van der Waals surface area contributed by atoms with Crippen molar-refractivity contribution in [3.05, 3.63) is 29.8 Å². The maximum Gasteiger partial charge on any atom is 0.115 e. The number of aromatic hydroxyl groups is 1. The Morgan fingerprint density at radius 2 is 1.88 bits per heavy atom. The lowest BCUT2D eigenvalue weighted by atomic mass is 9.75. The zero-order valence-electron chi connectivity index (χ0n) is 10.4. The average Bonchev–Trinajstić information content (AvgIpc) is 2.34. The van der Waals surface area contributed by atoms with Gasteiger partial charge in [0.05, 0.1) is 0 Å². The maximum absolute atomic E-state index is 9.30. The number of phenolic OH excluding ortho intramolecular Hbond substituents is 1. The Morgan fingerprint density at radius 1 is 1.24 bits per heavy atom. The van der Waals surface area contributed by atoms with Crippen molar-refractivity contribution in [3.8, 4) is 5.75 Å². The van der Waals surface area contributed by atoms with Crippen LogP contribution in [0.15, 0.2) is 24.3 Å². The molecule has 1 aromatic carbocycles. The van der Waals surface area contributed by atoms with Crippen molar-refractivity contribution >= 4 is 0 Å². The van der Waals surface area contributed by atoms with Crippen molar-refractivity contribution in [1.82, 2.24) is 5.32 Å². The van der Waals surface area contributed by atoms with Crippen molar-refractivity contribution < 1.29 is 9.84 Å². The summed E-state index contributed by atoms with van der Waals surface area (Å²) in [5, 5.41) is 12.6. The molecule has 0 amide bonds. The minimum Gasteiger partial charge on any atom is -0.508 e. The van der Waals surface area contributed by atoms with Crippen LogP contribution in [-0.4, -0.2) is 31.9 Å². The highest BCUT2D eigenvalue weighted by Crippen LogP contribution is 2.34. The van der Waals surface area contributed by atoms with Gasteiger partial charge in [0.2, 0.25) is 0 Å². The second kappa shape index (κ2) is 5.52. The number of hydrogen-bond acceptors (Lipinski definition) is 3. The zero-order chi connectivity index (χ0) is 12.1. The number of benzene rings is 1. The molecule has 1 saturated heterocycles. The maximum atomic E-state index is 9.30.